The molecule has 44 valence electrons. The summed E-state index contributed by atoms with van der Waals surface area (Å²) in [4.78, 5) is 0. The van der Waals surface area contributed by atoms with Gasteiger partial charge in [0.1, 0.15) is 0 Å². The summed E-state index contributed by atoms with van der Waals surface area (Å²) in [5.41, 5.74) is 0. The molecule has 0 atom stereocenters. The Hall–Kier alpha value is -0.880. The van der Waals surface area contributed by atoms with Gasteiger partial charge in [0.2, 0.25) is 0 Å². The molecule has 0 unspecified atom stereocenters. The SMILES string of the molecule is c1cnn2ccpc2c1. The molecule has 0 spiro atoms. The first-order valence-corrected chi connectivity index (χ1v) is 3.67. The fraction of sp³-hybridized carbons (Fsp3) is 0. The van der Waals surface area contributed by atoms with Crippen LogP contribution in [0.15, 0.2) is 30.3 Å². The highest BCUT2D eigenvalue weighted by molar-refractivity contribution is 7.35. The first-order chi connectivity index (χ1) is 4.47. The average molecular weight is 136 g/mol. The average Bonchev–Trinajstić information content (AvgIpc) is 2.33. The van der Waals surface area contributed by atoms with Gasteiger partial charge in [-0.25, -0.2) is 4.52 Å². The lowest BCUT2D eigenvalue weighted by atomic mass is 10.6. The smallest absolute Gasteiger partial charge is 0.0913 e. The van der Waals surface area contributed by atoms with E-state index in [-0.39, 0.29) is 0 Å². The van der Waals surface area contributed by atoms with Crippen molar-refractivity contribution >= 4 is 13.4 Å². The normalized spacial score (nSPS) is 11.1. The van der Waals surface area contributed by atoms with Crippen LogP contribution < -0.4 is 0 Å². The second-order valence-electron chi connectivity index (χ2n) is 1.75. The number of fused-ring (bicyclic) bond motifs is 1. The third-order valence-corrected chi connectivity index (χ3v) is 2.07. The Bertz CT molecular complexity index is 285. The van der Waals surface area contributed by atoms with Crippen molar-refractivity contribution < 1.29 is 0 Å². The molecule has 0 aliphatic carbocycles. The van der Waals surface area contributed by atoms with E-state index >= 15 is 0 Å². The first kappa shape index (κ1) is 4.95. The van der Waals surface area contributed by atoms with Crippen molar-refractivity contribution in [3.8, 4) is 0 Å². The molecular weight excluding hydrogens is 131 g/mol. The molecule has 0 radical (unpaired) electrons. The van der Waals surface area contributed by atoms with Gasteiger partial charge in [-0.2, -0.15) is 5.10 Å². The summed E-state index contributed by atoms with van der Waals surface area (Å²) in [7, 11) is 1.24. The van der Waals surface area contributed by atoms with Gasteiger partial charge in [0.05, 0.1) is 5.25 Å². The summed E-state index contributed by atoms with van der Waals surface area (Å²) in [6.45, 7) is 0. The third kappa shape index (κ3) is 0.718. The van der Waals surface area contributed by atoms with Crippen LogP contribution in [-0.2, 0) is 0 Å². The van der Waals surface area contributed by atoms with Gasteiger partial charge >= 0.3 is 0 Å². The highest BCUT2D eigenvalue weighted by Gasteiger charge is 1.86. The minimum absolute atomic E-state index is 1.23. The zero-order chi connectivity index (χ0) is 6.10. The molecule has 0 aromatic carbocycles. The maximum Gasteiger partial charge on any atom is 0.0913 e. The van der Waals surface area contributed by atoms with E-state index in [0.717, 1.165) is 0 Å². The van der Waals surface area contributed by atoms with E-state index in [1.165, 1.54) is 13.4 Å². The van der Waals surface area contributed by atoms with Gasteiger partial charge in [0.15, 0.2) is 0 Å². The zero-order valence-electron chi connectivity index (χ0n) is 4.73. The van der Waals surface area contributed by atoms with Crippen molar-refractivity contribution in [2.45, 2.75) is 0 Å². The molecule has 0 aliphatic rings. The van der Waals surface area contributed by atoms with Crippen LogP contribution in [0.5, 0.6) is 0 Å². The lowest BCUT2D eigenvalue weighted by Crippen LogP contribution is -1.83. The molecule has 0 saturated heterocycles. The Morgan fingerprint density at radius 2 is 2.56 bits per heavy atom. The minimum atomic E-state index is 1.23. The molecule has 0 bridgehead atoms. The molecule has 0 aliphatic heterocycles. The minimum Gasteiger partial charge on any atom is -0.236 e. The third-order valence-electron chi connectivity index (χ3n) is 1.17. The molecule has 0 N–H and O–H groups in total. The summed E-state index contributed by atoms with van der Waals surface area (Å²) >= 11 is 0. The molecule has 2 rings (SSSR count). The summed E-state index contributed by atoms with van der Waals surface area (Å²) in [6.07, 6.45) is 3.76. The van der Waals surface area contributed by atoms with E-state index in [1.807, 2.05) is 16.8 Å². The van der Waals surface area contributed by atoms with Gasteiger partial charge in [-0.3, -0.25) is 0 Å². The van der Waals surface area contributed by atoms with Crippen molar-refractivity contribution in [1.82, 2.24) is 9.61 Å². The Balaban J connectivity index is 2.95. The fourth-order valence-corrected chi connectivity index (χ4v) is 1.52. The van der Waals surface area contributed by atoms with E-state index in [2.05, 4.69) is 17.0 Å². The van der Waals surface area contributed by atoms with Crippen molar-refractivity contribution in [2.24, 2.45) is 0 Å². The molecule has 2 heterocycles. The Kier molecular flexibility index (Phi) is 0.998. The number of hydrogen-bond acceptors (Lipinski definition) is 1. The first-order valence-electron chi connectivity index (χ1n) is 2.71. The second-order valence-corrected chi connectivity index (χ2v) is 2.77. The van der Waals surface area contributed by atoms with Gasteiger partial charge in [0, 0.05) is 12.4 Å². The lowest BCUT2D eigenvalue weighted by molar-refractivity contribution is 0.943. The lowest BCUT2D eigenvalue weighted by Gasteiger charge is -1.86. The Morgan fingerprint density at radius 1 is 1.56 bits per heavy atom. The highest BCUT2D eigenvalue weighted by atomic mass is 31.0. The number of hydrogen-bond donors (Lipinski definition) is 0. The van der Waals surface area contributed by atoms with Crippen molar-refractivity contribution in [3.05, 3.63) is 30.3 Å². The van der Waals surface area contributed by atoms with Crippen LogP contribution in [0.4, 0.5) is 0 Å². The molecule has 0 amide bonds. The molecule has 2 nitrogen and oxygen atoms in total. The van der Waals surface area contributed by atoms with E-state index in [1.54, 1.807) is 6.20 Å². The largest absolute Gasteiger partial charge is 0.236 e. The predicted molar refractivity (Wildman–Crippen MR) is 37.7 cm³/mol. The maximum absolute atomic E-state index is 4.08. The fourth-order valence-electron chi connectivity index (χ4n) is 0.765. The topological polar surface area (TPSA) is 17.3 Å². The van der Waals surface area contributed by atoms with Crippen molar-refractivity contribution in [1.29, 1.82) is 0 Å². The molecular formula is C6H5N2P. The molecule has 9 heavy (non-hydrogen) atoms. The number of nitrogens with zero attached hydrogens (tertiary/aromatic N) is 2. The molecule has 0 saturated carbocycles. The van der Waals surface area contributed by atoms with E-state index in [9.17, 15) is 0 Å². The second kappa shape index (κ2) is 1.82. The standard InChI is InChI=1S/C6H5N2P/c1-2-6-8(7-3-1)4-5-9-6/h1-5H. The van der Waals surface area contributed by atoms with Crippen LogP contribution in [0, 0.1) is 0 Å². The number of rotatable bonds is 0. The Morgan fingerprint density at radius 3 is 3.44 bits per heavy atom. The highest BCUT2D eigenvalue weighted by Crippen LogP contribution is 2.13. The van der Waals surface area contributed by atoms with Crippen LogP contribution >= 0.6 is 8.19 Å². The van der Waals surface area contributed by atoms with E-state index in [4.69, 9.17) is 0 Å². The number of aromatic nitrogens is 2. The van der Waals surface area contributed by atoms with Crippen molar-refractivity contribution in [2.75, 3.05) is 0 Å². The maximum atomic E-state index is 4.08. The molecule has 0 fully saturated rings. The van der Waals surface area contributed by atoms with Gasteiger partial charge in [-0.15, -0.1) is 0 Å². The van der Waals surface area contributed by atoms with Crippen LogP contribution in [0.1, 0.15) is 0 Å². The van der Waals surface area contributed by atoms with Gasteiger partial charge in [-0.1, -0.05) is 0 Å². The summed E-state index contributed by atoms with van der Waals surface area (Å²) in [6, 6.07) is 4.01. The van der Waals surface area contributed by atoms with Gasteiger partial charge in [-0.05, 0) is 26.1 Å². The molecule has 2 aromatic rings. The van der Waals surface area contributed by atoms with Gasteiger partial charge in [0.25, 0.3) is 0 Å². The predicted octanol–water partition coefficient (Wildman–Crippen LogP) is 1.91. The summed E-state index contributed by atoms with van der Waals surface area (Å²) in [5.74, 6) is 2.07. The van der Waals surface area contributed by atoms with Crippen LogP contribution in [-0.4, -0.2) is 9.61 Å². The van der Waals surface area contributed by atoms with E-state index in [0.29, 0.717) is 0 Å². The monoisotopic (exact) mass is 136 g/mol. The van der Waals surface area contributed by atoms with Gasteiger partial charge < -0.3 is 0 Å². The summed E-state index contributed by atoms with van der Waals surface area (Å²) < 4.78 is 1.88. The van der Waals surface area contributed by atoms with Crippen LogP contribution in [0.25, 0.3) is 5.25 Å². The Labute approximate surface area is 54.2 Å². The quantitative estimate of drug-likeness (QED) is 0.540. The zero-order valence-corrected chi connectivity index (χ0v) is 5.62. The van der Waals surface area contributed by atoms with Crippen LogP contribution in [0.2, 0.25) is 0 Å². The van der Waals surface area contributed by atoms with Crippen molar-refractivity contribution in [3.63, 3.8) is 0 Å². The molecule has 3 heteroatoms. The summed E-state index contributed by atoms with van der Waals surface area (Å²) in [5, 5.41) is 5.32. The molecule has 2 aromatic heterocycles. The van der Waals surface area contributed by atoms with E-state index < -0.39 is 0 Å². The van der Waals surface area contributed by atoms with Crippen LogP contribution in [0.3, 0.4) is 0 Å².